The van der Waals surface area contributed by atoms with Crippen LogP contribution < -0.4 is 10.0 Å². The van der Waals surface area contributed by atoms with Crippen molar-refractivity contribution in [3.05, 3.63) is 53.6 Å². The normalized spacial score (nSPS) is 11.2. The second-order valence-electron chi connectivity index (χ2n) is 4.73. The number of nitrogens with one attached hydrogen (secondary N) is 2. The number of hydrogen-bond donors (Lipinski definition) is 2. The predicted octanol–water partition coefficient (Wildman–Crippen LogP) is 2.51. The van der Waals surface area contributed by atoms with Crippen LogP contribution in [0.3, 0.4) is 0 Å². The molecule has 112 valence electrons. The molecule has 0 saturated heterocycles. The van der Waals surface area contributed by atoms with E-state index in [-0.39, 0.29) is 5.69 Å². The summed E-state index contributed by atoms with van der Waals surface area (Å²) < 4.78 is 38.0. The van der Waals surface area contributed by atoms with Crippen molar-refractivity contribution in [1.82, 2.24) is 4.98 Å². The number of pyridine rings is 1. The number of aryl methyl sites for hydroxylation is 1. The molecule has 0 unspecified atom stereocenters. The summed E-state index contributed by atoms with van der Waals surface area (Å²) in [6, 6.07) is 8.01. The van der Waals surface area contributed by atoms with Gasteiger partial charge in [0.25, 0.3) is 0 Å². The smallest absolute Gasteiger partial charge is 0.229 e. The van der Waals surface area contributed by atoms with Crippen molar-refractivity contribution < 1.29 is 12.8 Å². The molecule has 0 aliphatic carbocycles. The molecule has 0 fully saturated rings. The second kappa shape index (κ2) is 6.09. The fraction of sp³-hybridized carbons (Fsp3) is 0.214. The Labute approximate surface area is 123 Å². The molecule has 0 aliphatic heterocycles. The number of nitrogens with zero attached hydrogens (tertiary/aromatic N) is 1. The number of halogens is 1. The van der Waals surface area contributed by atoms with Gasteiger partial charge in [-0.05, 0) is 36.8 Å². The molecule has 0 amide bonds. The van der Waals surface area contributed by atoms with Crippen LogP contribution in [0, 0.1) is 12.7 Å². The summed E-state index contributed by atoms with van der Waals surface area (Å²) in [5.74, 6) is -0.622. The summed E-state index contributed by atoms with van der Waals surface area (Å²) in [4.78, 5) is 4.18. The molecule has 5 nitrogen and oxygen atoms in total. The van der Waals surface area contributed by atoms with Crippen molar-refractivity contribution in [3.63, 3.8) is 0 Å². The average Bonchev–Trinajstić information content (AvgIpc) is 2.40. The third-order valence-electron chi connectivity index (χ3n) is 2.73. The Morgan fingerprint density at radius 2 is 2.00 bits per heavy atom. The standard InChI is InChI=1S/C14H16FN3O2S/c1-10-3-4-11(8-16-10)9-17-12-5-6-13(15)14(7-12)18-21(2,19)20/h3-8,17-18H,9H2,1-2H3. The van der Waals surface area contributed by atoms with Gasteiger partial charge in [0.1, 0.15) is 5.82 Å². The summed E-state index contributed by atoms with van der Waals surface area (Å²) in [5.41, 5.74) is 2.44. The highest BCUT2D eigenvalue weighted by molar-refractivity contribution is 7.92. The number of hydrogen-bond acceptors (Lipinski definition) is 4. The van der Waals surface area contributed by atoms with Gasteiger partial charge in [-0.2, -0.15) is 0 Å². The quantitative estimate of drug-likeness (QED) is 0.890. The highest BCUT2D eigenvalue weighted by Gasteiger charge is 2.08. The Morgan fingerprint density at radius 3 is 2.62 bits per heavy atom. The minimum atomic E-state index is -3.52. The third kappa shape index (κ3) is 4.71. The summed E-state index contributed by atoms with van der Waals surface area (Å²) in [6.45, 7) is 2.41. The zero-order valence-electron chi connectivity index (χ0n) is 11.7. The molecule has 7 heteroatoms. The lowest BCUT2D eigenvalue weighted by atomic mass is 10.2. The molecule has 2 aromatic rings. The van der Waals surface area contributed by atoms with Gasteiger partial charge in [-0.1, -0.05) is 6.07 Å². The Balaban J connectivity index is 2.10. The maximum Gasteiger partial charge on any atom is 0.229 e. The fourth-order valence-corrected chi connectivity index (χ4v) is 2.28. The molecule has 2 rings (SSSR count). The van der Waals surface area contributed by atoms with Crippen LogP contribution in [0.25, 0.3) is 0 Å². The lowest BCUT2D eigenvalue weighted by Gasteiger charge is -2.10. The molecule has 0 bridgehead atoms. The minimum Gasteiger partial charge on any atom is -0.381 e. The van der Waals surface area contributed by atoms with E-state index in [1.54, 1.807) is 12.3 Å². The van der Waals surface area contributed by atoms with E-state index in [1.807, 2.05) is 19.1 Å². The van der Waals surface area contributed by atoms with Gasteiger partial charge >= 0.3 is 0 Å². The molecular weight excluding hydrogens is 293 g/mol. The highest BCUT2D eigenvalue weighted by atomic mass is 32.2. The average molecular weight is 309 g/mol. The maximum atomic E-state index is 13.5. The van der Waals surface area contributed by atoms with E-state index in [1.165, 1.54) is 12.1 Å². The molecule has 0 saturated carbocycles. The van der Waals surface area contributed by atoms with Crippen molar-refractivity contribution >= 4 is 21.4 Å². The van der Waals surface area contributed by atoms with Crippen LogP contribution in [0.4, 0.5) is 15.8 Å². The SMILES string of the molecule is Cc1ccc(CNc2ccc(F)c(NS(C)(=O)=O)c2)cn1. The van der Waals surface area contributed by atoms with Crippen LogP contribution >= 0.6 is 0 Å². The first kappa shape index (κ1) is 15.2. The summed E-state index contributed by atoms with van der Waals surface area (Å²) in [6.07, 6.45) is 2.73. The van der Waals surface area contributed by atoms with Crippen LogP contribution in [0.5, 0.6) is 0 Å². The van der Waals surface area contributed by atoms with Gasteiger partial charge in [-0.25, -0.2) is 12.8 Å². The molecule has 1 aromatic heterocycles. The van der Waals surface area contributed by atoms with Gasteiger partial charge in [-0.3, -0.25) is 9.71 Å². The van der Waals surface area contributed by atoms with E-state index in [9.17, 15) is 12.8 Å². The van der Waals surface area contributed by atoms with Crippen molar-refractivity contribution in [2.75, 3.05) is 16.3 Å². The molecule has 21 heavy (non-hydrogen) atoms. The van der Waals surface area contributed by atoms with Gasteiger partial charge in [0.2, 0.25) is 10.0 Å². The van der Waals surface area contributed by atoms with E-state index in [4.69, 9.17) is 0 Å². The molecule has 2 N–H and O–H groups in total. The van der Waals surface area contributed by atoms with E-state index in [0.29, 0.717) is 12.2 Å². The topological polar surface area (TPSA) is 71.1 Å². The van der Waals surface area contributed by atoms with E-state index >= 15 is 0 Å². The van der Waals surface area contributed by atoms with Crippen LogP contribution in [0.2, 0.25) is 0 Å². The van der Waals surface area contributed by atoms with E-state index in [2.05, 4.69) is 15.0 Å². The highest BCUT2D eigenvalue weighted by Crippen LogP contribution is 2.21. The molecule has 0 atom stereocenters. The molecule has 0 radical (unpaired) electrons. The van der Waals surface area contributed by atoms with Gasteiger partial charge in [-0.15, -0.1) is 0 Å². The van der Waals surface area contributed by atoms with Crippen molar-refractivity contribution in [2.45, 2.75) is 13.5 Å². The van der Waals surface area contributed by atoms with Gasteiger partial charge in [0.05, 0.1) is 11.9 Å². The zero-order valence-corrected chi connectivity index (χ0v) is 12.5. The van der Waals surface area contributed by atoms with Crippen LogP contribution in [-0.4, -0.2) is 19.7 Å². The predicted molar refractivity (Wildman–Crippen MR) is 81.2 cm³/mol. The second-order valence-corrected chi connectivity index (χ2v) is 6.48. The van der Waals surface area contributed by atoms with Gasteiger partial charge in [0.15, 0.2) is 0 Å². The lowest BCUT2D eigenvalue weighted by Crippen LogP contribution is -2.11. The number of sulfonamides is 1. The monoisotopic (exact) mass is 309 g/mol. The summed E-state index contributed by atoms with van der Waals surface area (Å²) in [7, 11) is -3.52. The largest absolute Gasteiger partial charge is 0.381 e. The Hall–Kier alpha value is -2.15. The van der Waals surface area contributed by atoms with Crippen LogP contribution in [0.1, 0.15) is 11.3 Å². The molecule has 0 spiro atoms. The Bertz CT molecular complexity index is 730. The van der Waals surface area contributed by atoms with Gasteiger partial charge in [0, 0.05) is 24.1 Å². The van der Waals surface area contributed by atoms with Crippen molar-refractivity contribution in [2.24, 2.45) is 0 Å². The maximum absolute atomic E-state index is 13.5. The lowest BCUT2D eigenvalue weighted by molar-refractivity contribution is 0.604. The number of anilines is 2. The first-order valence-corrected chi connectivity index (χ1v) is 8.15. The third-order valence-corrected chi connectivity index (χ3v) is 3.32. The zero-order chi connectivity index (χ0) is 15.5. The summed E-state index contributed by atoms with van der Waals surface area (Å²) >= 11 is 0. The van der Waals surface area contributed by atoms with E-state index < -0.39 is 15.8 Å². The van der Waals surface area contributed by atoms with Crippen molar-refractivity contribution in [1.29, 1.82) is 0 Å². The first-order chi connectivity index (χ1) is 9.83. The van der Waals surface area contributed by atoms with E-state index in [0.717, 1.165) is 17.5 Å². The number of rotatable bonds is 5. The Kier molecular flexibility index (Phi) is 4.42. The number of aromatic nitrogens is 1. The van der Waals surface area contributed by atoms with Crippen LogP contribution in [-0.2, 0) is 16.6 Å². The first-order valence-electron chi connectivity index (χ1n) is 6.26. The molecule has 1 aromatic carbocycles. The van der Waals surface area contributed by atoms with Gasteiger partial charge < -0.3 is 5.32 Å². The molecular formula is C14H16FN3O2S. The Morgan fingerprint density at radius 1 is 1.24 bits per heavy atom. The molecule has 1 heterocycles. The van der Waals surface area contributed by atoms with Crippen molar-refractivity contribution in [3.8, 4) is 0 Å². The van der Waals surface area contributed by atoms with Crippen LogP contribution in [0.15, 0.2) is 36.5 Å². The fourth-order valence-electron chi connectivity index (χ4n) is 1.72. The number of benzene rings is 1. The minimum absolute atomic E-state index is 0.0791. The summed E-state index contributed by atoms with van der Waals surface area (Å²) in [5, 5.41) is 3.09. The molecule has 0 aliphatic rings.